The van der Waals surface area contributed by atoms with Gasteiger partial charge in [-0.15, -0.1) is 0 Å². The molecule has 0 aromatic heterocycles. The monoisotopic (exact) mass is 902 g/mol. The molecule has 0 aliphatic carbocycles. The number of hydrogen-bond acceptors (Lipinski definition) is 5. The molecule has 3 N–H and O–H groups in total. The molecule has 0 saturated carbocycles. The summed E-state index contributed by atoms with van der Waals surface area (Å²) in [6.45, 7) is 4.90. The highest BCUT2D eigenvalue weighted by Crippen LogP contribution is 2.16. The number of hydrogen-bond donors (Lipinski definition) is 3. The quantitative estimate of drug-likeness (QED) is 0.0321. The minimum atomic E-state index is -0.853. The van der Waals surface area contributed by atoms with Gasteiger partial charge in [-0.1, -0.05) is 263 Å². The first-order valence-corrected chi connectivity index (χ1v) is 28.6. The number of esters is 1. The number of aliphatic hydroxyl groups is 2. The average Bonchev–Trinajstić information content (AvgIpc) is 3.29. The zero-order valence-corrected chi connectivity index (χ0v) is 43.0. The van der Waals surface area contributed by atoms with Gasteiger partial charge < -0.3 is 20.3 Å². The van der Waals surface area contributed by atoms with E-state index in [1.165, 1.54) is 225 Å². The topological polar surface area (TPSA) is 95.9 Å². The second-order valence-electron chi connectivity index (χ2n) is 19.6. The Morgan fingerprint density at radius 1 is 0.422 bits per heavy atom. The largest absolute Gasteiger partial charge is 0.466 e. The summed E-state index contributed by atoms with van der Waals surface area (Å²) in [5.74, 6) is -0.0777. The number of carbonyl (C=O) groups excluding carboxylic acids is 2. The van der Waals surface area contributed by atoms with Crippen molar-refractivity contribution >= 4 is 11.9 Å². The minimum absolute atomic E-state index is 0.00289. The maximum absolute atomic E-state index is 12.5. The van der Waals surface area contributed by atoms with E-state index in [2.05, 4.69) is 31.3 Å². The molecule has 0 radical (unpaired) electrons. The molecular formula is C58H111NO5. The summed E-state index contributed by atoms with van der Waals surface area (Å²) in [6.07, 6.45) is 64.8. The molecule has 6 nitrogen and oxygen atoms in total. The van der Waals surface area contributed by atoms with E-state index < -0.39 is 12.1 Å². The lowest BCUT2D eigenvalue weighted by atomic mass is 10.0. The molecule has 0 rings (SSSR count). The number of unbranched alkanes of at least 4 members (excludes halogenated alkanes) is 40. The van der Waals surface area contributed by atoms with Crippen molar-refractivity contribution in [2.45, 2.75) is 321 Å². The van der Waals surface area contributed by atoms with Crippen LogP contribution in [0.15, 0.2) is 24.3 Å². The summed E-state index contributed by atoms with van der Waals surface area (Å²) >= 11 is 0. The third kappa shape index (κ3) is 49.8. The van der Waals surface area contributed by atoms with Crippen LogP contribution in [0.3, 0.4) is 0 Å². The molecule has 0 aliphatic rings. The summed E-state index contributed by atoms with van der Waals surface area (Å²) in [5, 5.41) is 23.1. The summed E-state index contributed by atoms with van der Waals surface area (Å²) in [7, 11) is 0. The van der Waals surface area contributed by atoms with Gasteiger partial charge >= 0.3 is 5.97 Å². The maximum atomic E-state index is 12.5. The normalized spacial score (nSPS) is 12.8. The Hall–Kier alpha value is -1.66. The molecule has 0 heterocycles. The molecule has 2 atom stereocenters. The van der Waals surface area contributed by atoms with Gasteiger partial charge in [-0.05, 0) is 57.8 Å². The van der Waals surface area contributed by atoms with Gasteiger partial charge in [0.15, 0.2) is 0 Å². The van der Waals surface area contributed by atoms with Crippen molar-refractivity contribution in [1.82, 2.24) is 5.32 Å². The van der Waals surface area contributed by atoms with E-state index in [0.717, 1.165) is 57.8 Å². The fourth-order valence-electron chi connectivity index (χ4n) is 8.81. The first-order chi connectivity index (χ1) is 31.5. The number of nitrogens with one attached hydrogen (secondary N) is 1. The van der Waals surface area contributed by atoms with Crippen molar-refractivity contribution in [3.8, 4) is 0 Å². The molecule has 6 heteroatoms. The van der Waals surface area contributed by atoms with E-state index in [1.54, 1.807) is 6.08 Å². The smallest absolute Gasteiger partial charge is 0.305 e. The van der Waals surface area contributed by atoms with Crippen LogP contribution in [0.4, 0.5) is 0 Å². The molecule has 64 heavy (non-hydrogen) atoms. The molecule has 2 unspecified atom stereocenters. The van der Waals surface area contributed by atoms with Gasteiger partial charge in [0.2, 0.25) is 5.91 Å². The third-order valence-electron chi connectivity index (χ3n) is 13.2. The van der Waals surface area contributed by atoms with Crippen molar-refractivity contribution in [1.29, 1.82) is 0 Å². The fourth-order valence-corrected chi connectivity index (χ4v) is 8.81. The zero-order chi connectivity index (χ0) is 46.5. The lowest BCUT2D eigenvalue weighted by molar-refractivity contribution is -0.143. The van der Waals surface area contributed by atoms with Crippen LogP contribution in [0, 0.1) is 0 Å². The van der Waals surface area contributed by atoms with Crippen LogP contribution < -0.4 is 5.32 Å². The van der Waals surface area contributed by atoms with Gasteiger partial charge in [-0.2, -0.15) is 0 Å². The standard InChI is InChI=1S/C58H111NO5/c1-3-5-7-9-11-13-15-17-18-21-24-27-30-34-38-42-46-50-56(61)55(54-60)59-57(62)51-47-43-39-35-31-28-25-22-19-20-23-26-29-33-37-41-45-49-53-64-58(63)52-48-44-40-36-32-16-14-12-10-8-6-4-2/h22,25,46,50,55-56,60-61H,3-21,23-24,26-45,47-49,51-54H2,1-2H3,(H,59,62)/b25-22-,50-46+. The van der Waals surface area contributed by atoms with Crippen molar-refractivity contribution in [2.75, 3.05) is 13.2 Å². The molecular weight excluding hydrogens is 791 g/mol. The van der Waals surface area contributed by atoms with Crippen LogP contribution in [0.25, 0.3) is 0 Å². The van der Waals surface area contributed by atoms with Crippen LogP contribution in [-0.4, -0.2) is 47.4 Å². The molecule has 0 saturated heterocycles. The fraction of sp³-hybridized carbons (Fsp3) is 0.897. The summed E-state index contributed by atoms with van der Waals surface area (Å²) in [4.78, 5) is 24.5. The summed E-state index contributed by atoms with van der Waals surface area (Å²) < 4.78 is 5.46. The molecule has 0 bridgehead atoms. The Morgan fingerprint density at radius 2 is 0.734 bits per heavy atom. The Balaban J connectivity index is 3.48. The van der Waals surface area contributed by atoms with E-state index in [1.807, 2.05) is 6.08 Å². The summed E-state index contributed by atoms with van der Waals surface area (Å²) in [5.41, 5.74) is 0. The molecule has 0 aromatic rings. The molecule has 0 aliphatic heterocycles. The van der Waals surface area contributed by atoms with Gasteiger partial charge in [-0.3, -0.25) is 9.59 Å². The van der Waals surface area contributed by atoms with Crippen molar-refractivity contribution in [3.05, 3.63) is 24.3 Å². The first kappa shape index (κ1) is 62.3. The van der Waals surface area contributed by atoms with E-state index in [0.29, 0.717) is 19.4 Å². The van der Waals surface area contributed by atoms with Crippen LogP contribution >= 0.6 is 0 Å². The van der Waals surface area contributed by atoms with Gasteiger partial charge in [0.25, 0.3) is 0 Å². The van der Waals surface area contributed by atoms with Gasteiger partial charge in [0, 0.05) is 12.8 Å². The molecule has 378 valence electrons. The van der Waals surface area contributed by atoms with E-state index in [9.17, 15) is 19.8 Å². The highest BCUT2D eigenvalue weighted by molar-refractivity contribution is 5.76. The number of rotatable bonds is 53. The number of aliphatic hydroxyl groups excluding tert-OH is 2. The predicted octanol–water partition coefficient (Wildman–Crippen LogP) is 17.5. The highest BCUT2D eigenvalue weighted by atomic mass is 16.5. The van der Waals surface area contributed by atoms with Gasteiger partial charge in [0.05, 0.1) is 25.4 Å². The van der Waals surface area contributed by atoms with Gasteiger partial charge in [0.1, 0.15) is 0 Å². The van der Waals surface area contributed by atoms with E-state index in [-0.39, 0.29) is 18.5 Å². The molecule has 1 amide bonds. The van der Waals surface area contributed by atoms with Crippen LogP contribution in [-0.2, 0) is 14.3 Å². The Bertz CT molecular complexity index is 997. The molecule has 0 fully saturated rings. The van der Waals surface area contributed by atoms with E-state index in [4.69, 9.17) is 4.74 Å². The SMILES string of the molecule is CCCCCCCCCCCCCCCCC/C=C/C(O)C(CO)NC(=O)CCCCCCC/C=C\CCCCCCCCCCCOC(=O)CCCCCCCCCCCCCC. The van der Waals surface area contributed by atoms with Crippen molar-refractivity contribution in [3.63, 3.8) is 0 Å². The van der Waals surface area contributed by atoms with Gasteiger partial charge in [-0.25, -0.2) is 0 Å². The molecule has 0 spiro atoms. The Kier molecular flexibility index (Phi) is 52.6. The average molecular weight is 903 g/mol. The first-order valence-electron chi connectivity index (χ1n) is 28.6. The molecule has 0 aromatic carbocycles. The van der Waals surface area contributed by atoms with Crippen LogP contribution in [0.1, 0.15) is 309 Å². The number of amides is 1. The lowest BCUT2D eigenvalue weighted by Gasteiger charge is -2.20. The van der Waals surface area contributed by atoms with Crippen molar-refractivity contribution < 1.29 is 24.5 Å². The second kappa shape index (κ2) is 54.0. The number of ether oxygens (including phenoxy) is 1. The lowest BCUT2D eigenvalue weighted by Crippen LogP contribution is -2.45. The minimum Gasteiger partial charge on any atom is -0.466 e. The second-order valence-corrected chi connectivity index (χ2v) is 19.6. The third-order valence-corrected chi connectivity index (χ3v) is 13.2. The Labute approximate surface area is 399 Å². The van der Waals surface area contributed by atoms with E-state index >= 15 is 0 Å². The maximum Gasteiger partial charge on any atom is 0.305 e. The Morgan fingerprint density at radius 3 is 1.11 bits per heavy atom. The number of carbonyl (C=O) groups is 2. The highest BCUT2D eigenvalue weighted by Gasteiger charge is 2.18. The predicted molar refractivity (Wildman–Crippen MR) is 278 cm³/mol. The van der Waals surface area contributed by atoms with Crippen LogP contribution in [0.5, 0.6) is 0 Å². The number of allylic oxidation sites excluding steroid dienone is 3. The summed E-state index contributed by atoms with van der Waals surface area (Å²) in [6, 6.07) is -0.637. The van der Waals surface area contributed by atoms with Crippen molar-refractivity contribution in [2.24, 2.45) is 0 Å². The zero-order valence-electron chi connectivity index (χ0n) is 43.0. The van der Waals surface area contributed by atoms with Crippen LogP contribution in [0.2, 0.25) is 0 Å².